The first-order valence-electron chi connectivity index (χ1n) is 9.40. The Kier molecular flexibility index (Phi) is 9.27. The molecule has 0 aliphatic carbocycles. The van der Waals surface area contributed by atoms with Crippen LogP contribution >= 0.6 is 0 Å². The fourth-order valence-corrected chi connectivity index (χ4v) is 3.05. The molecular formula is C22H31NO2. The summed E-state index contributed by atoms with van der Waals surface area (Å²) in [6, 6.07) is 20.7. The molecule has 2 rings (SSSR count). The smallest absolute Gasteiger partial charge is 0.107 e. The molecule has 136 valence electrons. The van der Waals surface area contributed by atoms with Crippen molar-refractivity contribution in [3.63, 3.8) is 0 Å². The molecule has 2 aromatic rings. The molecule has 0 amide bonds. The summed E-state index contributed by atoms with van der Waals surface area (Å²) < 4.78 is 0. The van der Waals surface area contributed by atoms with Gasteiger partial charge in [0.25, 0.3) is 0 Å². The predicted octanol–water partition coefficient (Wildman–Crippen LogP) is 4.34. The van der Waals surface area contributed by atoms with E-state index in [1.54, 1.807) is 0 Å². The molecule has 2 N–H and O–H groups in total. The normalized spacial score (nSPS) is 12.4. The van der Waals surface area contributed by atoms with Gasteiger partial charge in [0.05, 0.1) is 0 Å². The van der Waals surface area contributed by atoms with Crippen molar-refractivity contribution in [3.05, 3.63) is 71.8 Å². The zero-order valence-corrected chi connectivity index (χ0v) is 15.1. The van der Waals surface area contributed by atoms with Crippen LogP contribution in [0.5, 0.6) is 0 Å². The van der Waals surface area contributed by atoms with Crippen LogP contribution < -0.4 is 0 Å². The van der Waals surface area contributed by atoms with Crippen LogP contribution in [0.4, 0.5) is 0 Å². The summed E-state index contributed by atoms with van der Waals surface area (Å²) in [6.07, 6.45) is 5.58. The van der Waals surface area contributed by atoms with Crippen LogP contribution in [0.1, 0.15) is 49.7 Å². The lowest BCUT2D eigenvalue weighted by atomic mass is 10.1. The van der Waals surface area contributed by atoms with E-state index in [4.69, 9.17) is 5.11 Å². The van der Waals surface area contributed by atoms with E-state index in [0.29, 0.717) is 0 Å². The molecule has 25 heavy (non-hydrogen) atoms. The molecule has 2 aromatic carbocycles. The third-order valence-corrected chi connectivity index (χ3v) is 4.50. The van der Waals surface area contributed by atoms with Crippen LogP contribution in [0.15, 0.2) is 60.7 Å². The number of hydrogen-bond acceptors (Lipinski definition) is 3. The number of unbranched alkanes of at least 4 members (excludes halogenated alkanes) is 4. The highest BCUT2D eigenvalue weighted by Crippen LogP contribution is 2.16. The molecule has 1 unspecified atom stereocenters. The van der Waals surface area contributed by atoms with E-state index in [2.05, 4.69) is 29.2 Å². The molecule has 0 bridgehead atoms. The summed E-state index contributed by atoms with van der Waals surface area (Å²) in [7, 11) is 0. The number of aliphatic hydroxyl groups excluding tert-OH is 2. The molecule has 0 fully saturated rings. The maximum atomic E-state index is 10.7. The zero-order chi connectivity index (χ0) is 17.7. The monoisotopic (exact) mass is 341 g/mol. The average Bonchev–Trinajstić information content (AvgIpc) is 2.65. The summed E-state index contributed by atoms with van der Waals surface area (Å²) >= 11 is 0. The Morgan fingerprint density at radius 2 is 1.16 bits per heavy atom. The second-order valence-corrected chi connectivity index (χ2v) is 6.64. The lowest BCUT2D eigenvalue weighted by Crippen LogP contribution is -2.34. The van der Waals surface area contributed by atoms with Gasteiger partial charge in [-0.2, -0.15) is 0 Å². The van der Waals surface area contributed by atoms with E-state index in [-0.39, 0.29) is 6.61 Å². The van der Waals surface area contributed by atoms with Crippen molar-refractivity contribution in [1.29, 1.82) is 0 Å². The van der Waals surface area contributed by atoms with E-state index in [9.17, 15) is 5.11 Å². The first kappa shape index (κ1) is 19.6. The number of benzene rings is 2. The maximum absolute atomic E-state index is 10.7. The van der Waals surface area contributed by atoms with Crippen molar-refractivity contribution in [2.24, 2.45) is 0 Å². The van der Waals surface area contributed by atoms with Gasteiger partial charge in [-0.3, -0.25) is 4.90 Å². The van der Waals surface area contributed by atoms with Crippen molar-refractivity contribution in [3.8, 4) is 0 Å². The first-order valence-corrected chi connectivity index (χ1v) is 9.40. The Bertz CT molecular complexity index is 517. The molecule has 0 saturated carbocycles. The van der Waals surface area contributed by atoms with Crippen molar-refractivity contribution in [1.82, 2.24) is 4.90 Å². The second-order valence-electron chi connectivity index (χ2n) is 6.64. The highest BCUT2D eigenvalue weighted by Gasteiger charge is 2.16. The van der Waals surface area contributed by atoms with Crippen LogP contribution in [-0.2, 0) is 13.1 Å². The highest BCUT2D eigenvalue weighted by atomic mass is 16.3. The minimum Gasteiger partial charge on any atom is -0.396 e. The number of hydrogen-bond donors (Lipinski definition) is 2. The lowest BCUT2D eigenvalue weighted by molar-refractivity contribution is -0.0158. The SMILES string of the molecule is OCCCCCCCC(O)N(Cc1ccccc1)Cc1ccccc1. The summed E-state index contributed by atoms with van der Waals surface area (Å²) in [6.45, 7) is 1.79. The van der Waals surface area contributed by atoms with Gasteiger partial charge in [-0.25, -0.2) is 0 Å². The van der Waals surface area contributed by atoms with Gasteiger partial charge in [-0.15, -0.1) is 0 Å². The van der Waals surface area contributed by atoms with Crippen LogP contribution in [0.25, 0.3) is 0 Å². The Labute approximate surface area is 151 Å². The minimum atomic E-state index is -0.432. The molecule has 0 radical (unpaired) electrons. The third kappa shape index (κ3) is 7.82. The lowest BCUT2D eigenvalue weighted by Gasteiger charge is -2.28. The first-order chi connectivity index (χ1) is 12.3. The zero-order valence-electron chi connectivity index (χ0n) is 15.1. The molecule has 1 atom stereocenters. The van der Waals surface area contributed by atoms with Gasteiger partial charge in [0.2, 0.25) is 0 Å². The minimum absolute atomic E-state index is 0.282. The molecule has 0 heterocycles. The van der Waals surface area contributed by atoms with E-state index in [0.717, 1.165) is 51.6 Å². The highest BCUT2D eigenvalue weighted by molar-refractivity contribution is 5.17. The molecule has 0 spiro atoms. The van der Waals surface area contributed by atoms with Crippen LogP contribution in [0, 0.1) is 0 Å². The van der Waals surface area contributed by atoms with Gasteiger partial charge in [-0.1, -0.05) is 79.9 Å². The largest absolute Gasteiger partial charge is 0.396 e. The van der Waals surface area contributed by atoms with E-state index in [1.807, 2.05) is 36.4 Å². The van der Waals surface area contributed by atoms with Gasteiger partial charge in [0.15, 0.2) is 0 Å². The van der Waals surface area contributed by atoms with Gasteiger partial charge in [0.1, 0.15) is 6.23 Å². The second kappa shape index (κ2) is 11.8. The van der Waals surface area contributed by atoms with Crippen molar-refractivity contribution in [2.75, 3.05) is 6.61 Å². The summed E-state index contributed by atoms with van der Waals surface area (Å²) in [4.78, 5) is 2.15. The van der Waals surface area contributed by atoms with Crippen LogP contribution in [0.2, 0.25) is 0 Å². The number of rotatable bonds is 12. The Morgan fingerprint density at radius 3 is 1.68 bits per heavy atom. The van der Waals surface area contributed by atoms with E-state index >= 15 is 0 Å². The fourth-order valence-electron chi connectivity index (χ4n) is 3.05. The molecule has 0 aromatic heterocycles. The average molecular weight is 341 g/mol. The van der Waals surface area contributed by atoms with Gasteiger partial charge in [0, 0.05) is 19.7 Å². The molecule has 3 nitrogen and oxygen atoms in total. The van der Waals surface area contributed by atoms with Crippen LogP contribution in [0.3, 0.4) is 0 Å². The molecular weight excluding hydrogens is 310 g/mol. The molecule has 0 saturated heterocycles. The molecule has 0 aliphatic heterocycles. The van der Waals surface area contributed by atoms with E-state index in [1.165, 1.54) is 11.1 Å². The fraction of sp³-hybridized carbons (Fsp3) is 0.455. The third-order valence-electron chi connectivity index (χ3n) is 4.50. The van der Waals surface area contributed by atoms with Gasteiger partial charge < -0.3 is 10.2 Å². The number of nitrogens with zero attached hydrogens (tertiary/aromatic N) is 1. The molecule has 0 aliphatic rings. The number of aliphatic hydroxyl groups is 2. The van der Waals surface area contributed by atoms with Gasteiger partial charge >= 0.3 is 0 Å². The predicted molar refractivity (Wildman–Crippen MR) is 103 cm³/mol. The van der Waals surface area contributed by atoms with Crippen molar-refractivity contribution in [2.45, 2.75) is 57.8 Å². The van der Waals surface area contributed by atoms with Crippen molar-refractivity contribution < 1.29 is 10.2 Å². The standard InChI is InChI=1S/C22H31NO2/c24-17-11-3-1-2-10-16-22(25)23(18-20-12-6-4-7-13-20)19-21-14-8-5-9-15-21/h4-9,12-15,22,24-25H,1-3,10-11,16-19H2. The van der Waals surface area contributed by atoms with Gasteiger partial charge in [-0.05, 0) is 30.4 Å². The summed E-state index contributed by atoms with van der Waals surface area (Å²) in [5.74, 6) is 0. The van der Waals surface area contributed by atoms with Crippen molar-refractivity contribution >= 4 is 0 Å². The van der Waals surface area contributed by atoms with Crippen LogP contribution in [-0.4, -0.2) is 27.9 Å². The molecule has 3 heteroatoms. The quantitative estimate of drug-likeness (QED) is 0.446. The topological polar surface area (TPSA) is 43.7 Å². The summed E-state index contributed by atoms with van der Waals surface area (Å²) in [5.41, 5.74) is 2.45. The summed E-state index contributed by atoms with van der Waals surface area (Å²) in [5, 5.41) is 19.5. The Hall–Kier alpha value is -1.68. The maximum Gasteiger partial charge on any atom is 0.107 e. The van der Waals surface area contributed by atoms with E-state index < -0.39 is 6.23 Å². The Balaban J connectivity index is 1.88. The Morgan fingerprint density at radius 1 is 0.680 bits per heavy atom.